The predicted molar refractivity (Wildman–Crippen MR) is 96.4 cm³/mol. The third-order valence-electron chi connectivity index (χ3n) is 2.68. The Bertz CT molecular complexity index is 660. The summed E-state index contributed by atoms with van der Waals surface area (Å²) < 4.78 is 36.5. The average molecular weight is 474 g/mol. The number of rotatable bonds is 9. The molecule has 0 heterocycles. The third-order valence-corrected chi connectivity index (χ3v) is 4.83. The molecule has 1 aromatic rings. The molecule has 9 heteroatoms. The molecule has 0 saturated carbocycles. The molecule has 128 valence electrons. The van der Waals surface area contributed by atoms with Gasteiger partial charge in [0.25, 0.3) is 0 Å². The molecule has 0 spiro atoms. The summed E-state index contributed by atoms with van der Waals surface area (Å²) in [5, 5.41) is 0.534. The van der Waals surface area contributed by atoms with E-state index in [0.717, 1.165) is 0 Å². The Balaban J connectivity index is 2.97. The van der Waals surface area contributed by atoms with Crippen molar-refractivity contribution in [2.24, 2.45) is 0 Å². The van der Waals surface area contributed by atoms with E-state index < -0.39 is 16.2 Å². The van der Waals surface area contributed by atoms with Crippen molar-refractivity contribution < 1.29 is 22.1 Å². The normalized spacial score (nSPS) is 13.7. The van der Waals surface area contributed by atoms with E-state index in [2.05, 4.69) is 3.53 Å². The highest BCUT2D eigenvalue weighted by molar-refractivity contribution is 14.1. The van der Waals surface area contributed by atoms with Crippen LogP contribution in [0.25, 0.3) is 0 Å². The van der Waals surface area contributed by atoms with Gasteiger partial charge in [0.05, 0.1) is 28.6 Å². The van der Waals surface area contributed by atoms with E-state index in [0.29, 0.717) is 23.3 Å². The number of benzene rings is 1. The molecule has 0 aromatic heterocycles. The van der Waals surface area contributed by atoms with Gasteiger partial charge in [0.15, 0.2) is 18.1 Å². The Hall–Kier alpha value is -1.00. The maximum Gasteiger partial charge on any atom is 0.309 e. The first-order valence-corrected chi connectivity index (χ1v) is 9.73. The van der Waals surface area contributed by atoms with Crippen LogP contribution in [0.3, 0.4) is 0 Å². The number of hydrogen-bond acceptors (Lipinski definition) is 6. The number of ether oxygens (including phenoxy) is 1. The Labute approximate surface area is 154 Å². The van der Waals surface area contributed by atoms with Crippen molar-refractivity contribution in [1.82, 2.24) is 3.53 Å². The number of hydrogen-bond donors (Lipinski definition) is 1. The number of allylic oxidation sites excluding steroid dienone is 1. The van der Waals surface area contributed by atoms with Gasteiger partial charge in [-0.2, -0.15) is 8.42 Å². The second kappa shape index (κ2) is 9.33. The van der Waals surface area contributed by atoms with Crippen LogP contribution >= 0.6 is 34.5 Å². The van der Waals surface area contributed by atoms with Crippen molar-refractivity contribution in [1.29, 1.82) is 0 Å². The molecule has 0 aliphatic rings. The summed E-state index contributed by atoms with van der Waals surface area (Å²) in [5.74, 6) is -0.0290. The molecule has 0 fully saturated rings. The lowest BCUT2D eigenvalue weighted by Gasteiger charge is -2.17. The lowest BCUT2D eigenvalue weighted by Crippen LogP contribution is -2.16. The Morgan fingerprint density at radius 2 is 2.00 bits per heavy atom. The monoisotopic (exact) mass is 473 g/mol. The lowest BCUT2D eigenvalue weighted by molar-refractivity contribution is -0.116. The molecule has 1 N–H and O–H groups in total. The summed E-state index contributed by atoms with van der Waals surface area (Å²) >= 11 is 7.57. The van der Waals surface area contributed by atoms with Crippen LogP contribution in [0.1, 0.15) is 31.9 Å². The molecule has 0 amide bonds. The van der Waals surface area contributed by atoms with Crippen molar-refractivity contribution in [2.75, 3.05) is 5.75 Å². The molecule has 0 aliphatic carbocycles. The largest absolute Gasteiger partial charge is 0.460 e. The van der Waals surface area contributed by atoms with Gasteiger partial charge in [0, 0.05) is 11.9 Å². The van der Waals surface area contributed by atoms with Crippen LogP contribution in [0.5, 0.6) is 0 Å². The number of nitrogens with one attached hydrogen (secondary N) is 1. The van der Waals surface area contributed by atoms with Gasteiger partial charge in [0.2, 0.25) is 5.88 Å². The van der Waals surface area contributed by atoms with Crippen LogP contribution in [-0.4, -0.2) is 20.5 Å². The summed E-state index contributed by atoms with van der Waals surface area (Å²) in [5.41, 5.74) is 0.581. The van der Waals surface area contributed by atoms with E-state index >= 15 is 0 Å². The molecule has 0 saturated heterocycles. The van der Waals surface area contributed by atoms with E-state index in [1.807, 2.05) is 0 Å². The topological polar surface area (TPSA) is 81.7 Å². The second-order valence-corrected chi connectivity index (χ2v) is 7.22. The fourth-order valence-corrected chi connectivity index (χ4v) is 3.32. The van der Waals surface area contributed by atoms with E-state index in [-0.39, 0.29) is 17.4 Å². The quantitative estimate of drug-likeness (QED) is 0.194. The van der Waals surface area contributed by atoms with Crippen molar-refractivity contribution in [3.63, 3.8) is 0 Å². The van der Waals surface area contributed by atoms with Crippen molar-refractivity contribution in [3.8, 4) is 0 Å². The lowest BCUT2D eigenvalue weighted by atomic mass is 10.1. The van der Waals surface area contributed by atoms with Gasteiger partial charge in [-0.05, 0) is 24.1 Å². The highest BCUT2D eigenvalue weighted by Crippen LogP contribution is 2.22. The van der Waals surface area contributed by atoms with E-state index in [4.69, 9.17) is 20.5 Å². The number of carbonyl (C=O) groups excluding carboxylic acids is 1. The van der Waals surface area contributed by atoms with Gasteiger partial charge < -0.3 is 8.92 Å². The van der Waals surface area contributed by atoms with Gasteiger partial charge >= 0.3 is 10.1 Å². The first-order valence-electron chi connectivity index (χ1n) is 6.70. The highest BCUT2D eigenvalue weighted by atomic mass is 127. The van der Waals surface area contributed by atoms with Crippen LogP contribution in [0.15, 0.2) is 35.9 Å². The SMILES string of the molecule is CCCS(=O)(=O)O/C(C)=C(\NI)OC(C=O)c1ccc(Cl)cc1. The van der Waals surface area contributed by atoms with E-state index in [1.165, 1.54) is 6.92 Å². The Morgan fingerprint density at radius 3 is 2.48 bits per heavy atom. The fraction of sp³-hybridized carbons (Fsp3) is 0.357. The molecule has 0 aliphatic heterocycles. The molecule has 1 rings (SSSR count). The molecular weight excluding hydrogens is 457 g/mol. The molecule has 6 nitrogen and oxygen atoms in total. The minimum atomic E-state index is -3.69. The molecule has 23 heavy (non-hydrogen) atoms. The van der Waals surface area contributed by atoms with Crippen LogP contribution in [0, 0.1) is 0 Å². The van der Waals surface area contributed by atoms with Gasteiger partial charge in [0.1, 0.15) is 0 Å². The Morgan fingerprint density at radius 1 is 1.39 bits per heavy atom. The van der Waals surface area contributed by atoms with Crippen molar-refractivity contribution in [2.45, 2.75) is 26.4 Å². The zero-order valence-corrected chi connectivity index (χ0v) is 16.3. The first kappa shape index (κ1) is 20.0. The fourth-order valence-electron chi connectivity index (χ4n) is 1.65. The Kier molecular flexibility index (Phi) is 8.13. The molecule has 1 aromatic carbocycles. The maximum absolute atomic E-state index is 11.7. The van der Waals surface area contributed by atoms with Gasteiger partial charge in [-0.3, -0.25) is 8.32 Å². The summed E-state index contributed by atoms with van der Waals surface area (Å²) in [4.78, 5) is 11.3. The first-order chi connectivity index (χ1) is 10.8. The van der Waals surface area contributed by atoms with Crippen molar-refractivity contribution in [3.05, 3.63) is 46.5 Å². The standard InChI is InChI=1S/C14H17ClINO5S/c1-3-8-23(19,20)22-10(2)14(17-16)21-13(9-18)11-4-6-12(15)7-5-11/h4-7,9,13,17H,3,8H2,1-2H3/b14-10+. The summed E-state index contributed by atoms with van der Waals surface area (Å²) in [6.07, 6.45) is 0.118. The molecule has 0 radical (unpaired) electrons. The average Bonchev–Trinajstić information content (AvgIpc) is 2.49. The van der Waals surface area contributed by atoms with E-state index in [1.54, 1.807) is 54.1 Å². The molecular formula is C14H17ClINO5S. The minimum Gasteiger partial charge on any atom is -0.460 e. The highest BCUT2D eigenvalue weighted by Gasteiger charge is 2.19. The number of carbonyl (C=O) groups is 1. The minimum absolute atomic E-state index is 0.0219. The summed E-state index contributed by atoms with van der Waals surface area (Å²) in [7, 11) is -3.69. The number of aldehydes is 1. The van der Waals surface area contributed by atoms with Gasteiger partial charge in [-0.1, -0.05) is 30.7 Å². The maximum atomic E-state index is 11.7. The second-order valence-electron chi connectivity index (χ2n) is 4.55. The van der Waals surface area contributed by atoms with Crippen LogP contribution in [0.2, 0.25) is 5.02 Å². The van der Waals surface area contributed by atoms with Gasteiger partial charge in [-0.25, -0.2) is 0 Å². The van der Waals surface area contributed by atoms with Crippen LogP contribution in [0.4, 0.5) is 0 Å². The van der Waals surface area contributed by atoms with Crippen LogP contribution < -0.4 is 3.53 Å². The van der Waals surface area contributed by atoms with E-state index in [9.17, 15) is 13.2 Å². The van der Waals surface area contributed by atoms with Crippen LogP contribution in [-0.2, 0) is 23.8 Å². The smallest absolute Gasteiger partial charge is 0.309 e. The molecule has 1 atom stereocenters. The molecule has 0 bridgehead atoms. The summed E-state index contributed by atoms with van der Waals surface area (Å²) in [6.45, 7) is 3.18. The summed E-state index contributed by atoms with van der Waals surface area (Å²) in [6, 6.07) is 6.56. The van der Waals surface area contributed by atoms with Crippen molar-refractivity contribution >= 4 is 50.9 Å². The third kappa shape index (κ3) is 6.56. The zero-order valence-electron chi connectivity index (χ0n) is 12.6. The number of halogens is 2. The van der Waals surface area contributed by atoms with Gasteiger partial charge in [-0.15, -0.1) is 0 Å². The predicted octanol–water partition coefficient (Wildman–Crippen LogP) is 3.48. The zero-order chi connectivity index (χ0) is 17.5. The molecule has 1 unspecified atom stereocenters.